The average molecular weight is 441 g/mol. The molecule has 0 aliphatic heterocycles. The maximum absolute atomic E-state index is 13.3. The Labute approximate surface area is 183 Å². The predicted molar refractivity (Wildman–Crippen MR) is 116 cm³/mol. The van der Waals surface area contributed by atoms with Crippen LogP contribution in [-0.2, 0) is 14.4 Å². The molecule has 168 valence electrons. The number of aromatic nitrogens is 2. The van der Waals surface area contributed by atoms with Crippen LogP contribution in [0.5, 0.6) is 0 Å². The molecule has 0 spiro atoms. The van der Waals surface area contributed by atoms with Crippen molar-refractivity contribution < 1.29 is 28.7 Å². The number of nitrogens with zero attached hydrogens (tertiary/aromatic N) is 2. The third-order valence-electron chi connectivity index (χ3n) is 5.48. The zero-order chi connectivity index (χ0) is 23.4. The van der Waals surface area contributed by atoms with Crippen LogP contribution in [0, 0.1) is 11.8 Å². The molecule has 0 fully saturated rings. The van der Waals surface area contributed by atoms with Crippen molar-refractivity contribution in [2.45, 2.75) is 32.7 Å². The van der Waals surface area contributed by atoms with Crippen LogP contribution in [0.1, 0.15) is 31.5 Å². The van der Waals surface area contributed by atoms with Crippen LogP contribution >= 0.6 is 0 Å². The molecule has 0 bridgehead atoms. The molecule has 0 radical (unpaired) electrons. The fraction of sp³-hybridized carbons (Fsp3) is 0.348. The van der Waals surface area contributed by atoms with Crippen molar-refractivity contribution in [1.29, 1.82) is 0 Å². The van der Waals surface area contributed by atoms with Crippen molar-refractivity contribution in [1.82, 2.24) is 14.9 Å². The van der Waals surface area contributed by atoms with Gasteiger partial charge >= 0.3 is 5.97 Å². The van der Waals surface area contributed by atoms with E-state index >= 15 is 0 Å². The highest BCUT2D eigenvalue weighted by Gasteiger charge is 2.31. The molecule has 1 amide bonds. The first-order chi connectivity index (χ1) is 15.2. The predicted octanol–water partition coefficient (Wildman–Crippen LogP) is 2.99. The molecule has 0 saturated carbocycles. The third kappa shape index (κ3) is 4.66. The highest BCUT2D eigenvalue weighted by Crippen LogP contribution is 2.29. The summed E-state index contributed by atoms with van der Waals surface area (Å²) in [6.07, 6.45) is 2.35. The van der Waals surface area contributed by atoms with E-state index in [4.69, 9.17) is 5.11 Å². The monoisotopic (exact) mass is 441 g/mol. The highest BCUT2D eigenvalue weighted by molar-refractivity contribution is 6.13. The Balaban J connectivity index is 1.91. The van der Waals surface area contributed by atoms with E-state index in [1.807, 2.05) is 18.2 Å². The second-order valence-electron chi connectivity index (χ2n) is 7.95. The zero-order valence-corrected chi connectivity index (χ0v) is 17.7. The number of pyridine rings is 1. The second kappa shape index (κ2) is 9.67. The van der Waals surface area contributed by atoms with Crippen molar-refractivity contribution in [2.24, 2.45) is 11.8 Å². The summed E-state index contributed by atoms with van der Waals surface area (Å²) in [4.78, 5) is 53.1. The van der Waals surface area contributed by atoms with Gasteiger partial charge in [-0.15, -0.1) is 0 Å². The van der Waals surface area contributed by atoms with Crippen LogP contribution < -0.4 is 5.32 Å². The number of carboxylic acid groups (broad SMARTS) is 1. The van der Waals surface area contributed by atoms with E-state index < -0.39 is 42.7 Å². The smallest absolute Gasteiger partial charge is 0.305 e. The Morgan fingerprint density at radius 3 is 2.41 bits per heavy atom. The maximum atomic E-state index is 13.3. The number of rotatable bonds is 9. The van der Waals surface area contributed by atoms with Crippen LogP contribution in [0.15, 0.2) is 42.7 Å². The van der Waals surface area contributed by atoms with Crippen molar-refractivity contribution in [3.8, 4) is 0 Å². The standard InChI is InChI=1S/C23H24FN3O5/c1-13(2)15(23(32)26-17(10-22(30)31)20(28)11-24)9-21(29)27-18-6-4-3-5-14(18)16-12-25-8-7-19(16)27/h3-8,12-13,15,17H,9-11H2,1-2H3,(H,26,32)(H,30,31). The lowest BCUT2D eigenvalue weighted by Crippen LogP contribution is -2.47. The van der Waals surface area contributed by atoms with Gasteiger partial charge in [-0.05, 0) is 18.1 Å². The topological polar surface area (TPSA) is 118 Å². The summed E-state index contributed by atoms with van der Waals surface area (Å²) < 4.78 is 14.4. The Bertz CT molecular complexity index is 1130. The number of carbonyl (C=O) groups is 4. The molecule has 3 aromatic rings. The number of hydrogen-bond acceptors (Lipinski definition) is 5. The first-order valence-corrected chi connectivity index (χ1v) is 10.2. The summed E-state index contributed by atoms with van der Waals surface area (Å²) in [5.74, 6) is -4.49. The molecule has 2 unspecified atom stereocenters. The van der Waals surface area contributed by atoms with Crippen molar-refractivity contribution in [3.05, 3.63) is 42.7 Å². The molecule has 2 aromatic heterocycles. The molecule has 2 heterocycles. The quantitative estimate of drug-likeness (QED) is 0.527. The number of Topliss-reactive ketones (excluding diaryl/α,β-unsaturated/α-hetero) is 1. The van der Waals surface area contributed by atoms with Crippen molar-refractivity contribution in [2.75, 3.05) is 6.67 Å². The van der Waals surface area contributed by atoms with E-state index in [1.54, 1.807) is 38.4 Å². The van der Waals surface area contributed by atoms with Gasteiger partial charge in [-0.25, -0.2) is 4.39 Å². The number of amides is 1. The molecule has 8 nitrogen and oxygen atoms in total. The number of aliphatic carboxylic acids is 1. The third-order valence-corrected chi connectivity index (χ3v) is 5.48. The summed E-state index contributed by atoms with van der Waals surface area (Å²) in [6.45, 7) is 2.10. The van der Waals surface area contributed by atoms with E-state index in [1.165, 1.54) is 4.57 Å². The van der Waals surface area contributed by atoms with Gasteiger partial charge in [0.05, 0.1) is 17.5 Å². The largest absolute Gasteiger partial charge is 0.481 e. The lowest BCUT2D eigenvalue weighted by Gasteiger charge is -2.23. The number of carboxylic acids is 1. The summed E-state index contributed by atoms with van der Waals surface area (Å²) in [7, 11) is 0. The number of nitrogens with one attached hydrogen (secondary N) is 1. The molecular weight excluding hydrogens is 417 g/mol. The van der Waals surface area contributed by atoms with E-state index in [9.17, 15) is 23.6 Å². The molecule has 32 heavy (non-hydrogen) atoms. The summed E-state index contributed by atoms with van der Waals surface area (Å²) in [5.41, 5.74) is 1.34. The molecule has 0 saturated heterocycles. The Kier molecular flexibility index (Phi) is 6.97. The number of alkyl halides is 1. The summed E-state index contributed by atoms with van der Waals surface area (Å²) in [5, 5.41) is 13.0. The van der Waals surface area contributed by atoms with Gasteiger partial charge < -0.3 is 10.4 Å². The molecular formula is C23H24FN3O5. The summed E-state index contributed by atoms with van der Waals surface area (Å²) in [6, 6.07) is 7.60. The van der Waals surface area contributed by atoms with Crippen molar-refractivity contribution in [3.63, 3.8) is 0 Å². The van der Waals surface area contributed by atoms with E-state index in [2.05, 4.69) is 10.3 Å². The fourth-order valence-electron chi connectivity index (χ4n) is 3.79. The minimum absolute atomic E-state index is 0.177. The first-order valence-electron chi connectivity index (χ1n) is 10.2. The molecule has 3 rings (SSSR count). The average Bonchev–Trinajstić information content (AvgIpc) is 3.10. The number of ketones is 1. The molecule has 9 heteroatoms. The molecule has 2 N–H and O–H groups in total. The SMILES string of the molecule is CC(C)C(CC(=O)n1c2ccccc2c2cnccc21)C(=O)NC(CC(=O)O)C(=O)CF. The minimum Gasteiger partial charge on any atom is -0.481 e. The summed E-state index contributed by atoms with van der Waals surface area (Å²) >= 11 is 0. The van der Waals surface area contributed by atoms with Crippen LogP contribution in [-0.4, -0.2) is 50.9 Å². The van der Waals surface area contributed by atoms with Crippen LogP contribution in [0.4, 0.5) is 4.39 Å². The van der Waals surface area contributed by atoms with Gasteiger partial charge in [0.1, 0.15) is 12.7 Å². The van der Waals surface area contributed by atoms with Gasteiger partial charge in [-0.2, -0.15) is 0 Å². The number of carbonyl (C=O) groups excluding carboxylic acids is 3. The first kappa shape index (κ1) is 23.1. The lowest BCUT2D eigenvalue weighted by molar-refractivity contribution is -0.140. The Morgan fingerprint density at radius 1 is 1.06 bits per heavy atom. The number of benzene rings is 1. The molecule has 1 aromatic carbocycles. The van der Waals surface area contributed by atoms with Gasteiger partial charge in [-0.1, -0.05) is 32.0 Å². The molecule has 0 aliphatic carbocycles. The Hall–Kier alpha value is -3.62. The second-order valence-corrected chi connectivity index (χ2v) is 7.95. The van der Waals surface area contributed by atoms with E-state index in [0.717, 1.165) is 10.8 Å². The number of halogens is 1. The van der Waals surface area contributed by atoms with Crippen molar-refractivity contribution >= 4 is 45.4 Å². The van der Waals surface area contributed by atoms with E-state index in [-0.39, 0.29) is 18.2 Å². The van der Waals surface area contributed by atoms with Gasteiger partial charge in [0.15, 0.2) is 5.78 Å². The van der Waals surface area contributed by atoms with Gasteiger partial charge in [0.2, 0.25) is 11.8 Å². The highest BCUT2D eigenvalue weighted by atomic mass is 19.1. The maximum Gasteiger partial charge on any atom is 0.305 e. The van der Waals surface area contributed by atoms with Crippen LogP contribution in [0.25, 0.3) is 21.8 Å². The zero-order valence-electron chi connectivity index (χ0n) is 17.7. The number of para-hydroxylation sites is 1. The number of fused-ring (bicyclic) bond motifs is 3. The minimum atomic E-state index is -1.49. The normalized spacial score (nSPS) is 13.2. The van der Waals surface area contributed by atoms with E-state index in [0.29, 0.717) is 11.0 Å². The van der Waals surface area contributed by atoms with Gasteiger partial charge in [0, 0.05) is 35.5 Å². The molecule has 2 atom stereocenters. The van der Waals surface area contributed by atoms with Crippen LogP contribution in [0.3, 0.4) is 0 Å². The lowest BCUT2D eigenvalue weighted by atomic mass is 9.90. The van der Waals surface area contributed by atoms with Crippen LogP contribution in [0.2, 0.25) is 0 Å². The fourth-order valence-corrected chi connectivity index (χ4v) is 3.79. The molecule has 0 aliphatic rings. The van der Waals surface area contributed by atoms with Gasteiger partial charge in [-0.3, -0.25) is 28.7 Å². The van der Waals surface area contributed by atoms with Gasteiger partial charge in [0.25, 0.3) is 0 Å². The number of hydrogen-bond donors (Lipinski definition) is 2. The Morgan fingerprint density at radius 2 is 1.75 bits per heavy atom.